The van der Waals surface area contributed by atoms with E-state index >= 15 is 0 Å². The zero-order valence-corrected chi connectivity index (χ0v) is 15.3. The van der Waals surface area contributed by atoms with Crippen molar-refractivity contribution < 1.29 is 0 Å². The Morgan fingerprint density at radius 3 is 2.62 bits per heavy atom. The molecule has 0 amide bonds. The Morgan fingerprint density at radius 1 is 1.12 bits per heavy atom. The van der Waals surface area contributed by atoms with Gasteiger partial charge in [0.15, 0.2) is 0 Å². The summed E-state index contributed by atoms with van der Waals surface area (Å²) in [5.41, 5.74) is 3.86. The molecule has 0 radical (unpaired) electrons. The van der Waals surface area contributed by atoms with E-state index < -0.39 is 0 Å². The Hall–Kier alpha value is -1.65. The van der Waals surface area contributed by atoms with Gasteiger partial charge in [-0.2, -0.15) is 5.10 Å². The summed E-state index contributed by atoms with van der Waals surface area (Å²) in [6.07, 6.45) is 7.85. The third-order valence-electron chi connectivity index (χ3n) is 5.11. The fraction of sp³-hybridized carbons (Fsp3) is 0.550. The van der Waals surface area contributed by atoms with Gasteiger partial charge in [-0.25, -0.2) is 4.68 Å². The fourth-order valence-corrected chi connectivity index (χ4v) is 3.30. The fourth-order valence-electron chi connectivity index (χ4n) is 3.30. The molecule has 130 valence electrons. The van der Waals surface area contributed by atoms with Crippen LogP contribution in [0.25, 0.3) is 5.69 Å². The predicted octanol–water partition coefficient (Wildman–Crippen LogP) is 3.35. The van der Waals surface area contributed by atoms with E-state index in [1.165, 1.54) is 30.4 Å². The van der Waals surface area contributed by atoms with E-state index in [0.29, 0.717) is 6.04 Å². The monoisotopic (exact) mass is 326 g/mol. The van der Waals surface area contributed by atoms with Crippen molar-refractivity contribution in [3.8, 4) is 5.69 Å². The van der Waals surface area contributed by atoms with Crippen molar-refractivity contribution in [1.82, 2.24) is 19.6 Å². The van der Waals surface area contributed by atoms with Crippen LogP contribution in [0.15, 0.2) is 36.7 Å². The van der Waals surface area contributed by atoms with Gasteiger partial charge in [0.1, 0.15) is 0 Å². The molecule has 1 saturated heterocycles. The van der Waals surface area contributed by atoms with Crippen LogP contribution in [-0.4, -0.2) is 52.3 Å². The summed E-state index contributed by atoms with van der Waals surface area (Å²) in [7, 11) is 2.21. The number of rotatable bonds is 6. The number of hydrogen-bond acceptors (Lipinski definition) is 3. The maximum atomic E-state index is 4.56. The Balaban J connectivity index is 1.61. The first-order chi connectivity index (χ1) is 11.7. The van der Waals surface area contributed by atoms with Crippen molar-refractivity contribution >= 4 is 0 Å². The Bertz CT molecular complexity index is 631. The highest BCUT2D eigenvalue weighted by molar-refractivity contribution is 5.34. The van der Waals surface area contributed by atoms with Crippen LogP contribution in [0.3, 0.4) is 0 Å². The minimum atomic E-state index is 0.629. The first-order valence-corrected chi connectivity index (χ1v) is 9.21. The Morgan fingerprint density at radius 2 is 1.92 bits per heavy atom. The second-order valence-corrected chi connectivity index (χ2v) is 7.13. The molecule has 4 nitrogen and oxygen atoms in total. The average Bonchev–Trinajstić information content (AvgIpc) is 3.05. The Labute approximate surface area is 146 Å². The predicted molar refractivity (Wildman–Crippen MR) is 99.5 cm³/mol. The number of aryl methyl sites for hydroxylation is 1. The van der Waals surface area contributed by atoms with Crippen LogP contribution < -0.4 is 0 Å². The van der Waals surface area contributed by atoms with Crippen LogP contribution in [0.5, 0.6) is 0 Å². The summed E-state index contributed by atoms with van der Waals surface area (Å²) >= 11 is 0. The first kappa shape index (κ1) is 17.2. The molecule has 1 aliphatic heterocycles. The van der Waals surface area contributed by atoms with Gasteiger partial charge in [0.2, 0.25) is 0 Å². The first-order valence-electron chi connectivity index (χ1n) is 9.21. The molecule has 1 aromatic heterocycles. The zero-order chi connectivity index (χ0) is 16.9. The molecule has 1 aliphatic rings. The molecule has 1 fully saturated rings. The third kappa shape index (κ3) is 4.25. The van der Waals surface area contributed by atoms with Crippen molar-refractivity contribution in [3.63, 3.8) is 0 Å². The second kappa shape index (κ2) is 7.95. The quantitative estimate of drug-likeness (QED) is 0.813. The number of unbranched alkanes of at least 4 members (excludes halogenated alkanes) is 1. The lowest BCUT2D eigenvalue weighted by atomic mass is 10.1. The van der Waals surface area contributed by atoms with E-state index in [0.717, 1.165) is 31.9 Å². The van der Waals surface area contributed by atoms with E-state index in [1.807, 2.05) is 10.9 Å². The van der Waals surface area contributed by atoms with Crippen LogP contribution >= 0.6 is 0 Å². The van der Waals surface area contributed by atoms with E-state index in [1.54, 1.807) is 0 Å². The van der Waals surface area contributed by atoms with Gasteiger partial charge in [-0.05, 0) is 44.5 Å². The van der Waals surface area contributed by atoms with Crippen molar-refractivity contribution in [1.29, 1.82) is 0 Å². The van der Waals surface area contributed by atoms with E-state index in [9.17, 15) is 0 Å². The molecule has 4 heteroatoms. The smallest absolute Gasteiger partial charge is 0.0645 e. The molecule has 2 aromatic rings. The maximum absolute atomic E-state index is 4.56. The van der Waals surface area contributed by atoms with E-state index in [4.69, 9.17) is 0 Å². The molecule has 0 N–H and O–H groups in total. The number of aromatic nitrogens is 2. The lowest BCUT2D eigenvalue weighted by Crippen LogP contribution is -2.49. The minimum absolute atomic E-state index is 0.629. The highest BCUT2D eigenvalue weighted by Gasteiger charge is 2.20. The largest absolute Gasteiger partial charge is 0.301 e. The summed E-state index contributed by atoms with van der Waals surface area (Å²) in [6.45, 7) is 8.95. The molecule has 24 heavy (non-hydrogen) atoms. The standard InChI is InChI=1S/C20H30N4/c1-4-5-6-18-7-9-20(10-8-18)24-16-19(13-21-24)15-23-12-11-22(3)17(2)14-23/h7-10,13,16-17H,4-6,11-12,14-15H2,1-3H3/t17-/m0/s1. The van der Waals surface area contributed by atoms with Gasteiger partial charge in [-0.15, -0.1) is 0 Å². The highest BCUT2D eigenvalue weighted by Crippen LogP contribution is 2.15. The van der Waals surface area contributed by atoms with E-state index in [-0.39, 0.29) is 0 Å². The van der Waals surface area contributed by atoms with E-state index in [2.05, 4.69) is 66.3 Å². The lowest BCUT2D eigenvalue weighted by Gasteiger charge is -2.37. The number of likely N-dealkylation sites (N-methyl/N-ethyl adjacent to an activating group) is 1. The average molecular weight is 326 g/mol. The van der Waals surface area contributed by atoms with Gasteiger partial charge in [-0.1, -0.05) is 25.5 Å². The van der Waals surface area contributed by atoms with Crippen molar-refractivity contribution in [3.05, 3.63) is 47.8 Å². The molecule has 1 aromatic carbocycles. The van der Waals surface area contributed by atoms with Gasteiger partial charge in [-0.3, -0.25) is 4.90 Å². The highest BCUT2D eigenvalue weighted by atomic mass is 15.3. The molecular formula is C20H30N4. The van der Waals surface area contributed by atoms with Crippen molar-refractivity contribution in [2.24, 2.45) is 0 Å². The summed E-state index contributed by atoms with van der Waals surface area (Å²) in [4.78, 5) is 4.96. The molecular weight excluding hydrogens is 296 g/mol. The van der Waals surface area contributed by atoms with Gasteiger partial charge < -0.3 is 4.90 Å². The summed E-state index contributed by atoms with van der Waals surface area (Å²) in [5, 5.41) is 4.56. The normalized spacial score (nSPS) is 19.7. The molecule has 0 spiro atoms. The second-order valence-electron chi connectivity index (χ2n) is 7.13. The molecule has 0 saturated carbocycles. The molecule has 0 aliphatic carbocycles. The van der Waals surface area contributed by atoms with Gasteiger partial charge in [0, 0.05) is 44.0 Å². The van der Waals surface area contributed by atoms with Crippen LogP contribution in [0.4, 0.5) is 0 Å². The molecule has 2 heterocycles. The molecule has 1 atom stereocenters. The van der Waals surface area contributed by atoms with Gasteiger partial charge in [0.05, 0.1) is 11.9 Å². The summed E-state index contributed by atoms with van der Waals surface area (Å²) < 4.78 is 2.00. The van der Waals surface area contributed by atoms with Crippen LogP contribution in [0.2, 0.25) is 0 Å². The molecule has 3 rings (SSSR count). The van der Waals surface area contributed by atoms with Crippen molar-refractivity contribution in [2.75, 3.05) is 26.7 Å². The molecule has 0 bridgehead atoms. The third-order valence-corrected chi connectivity index (χ3v) is 5.11. The van der Waals surface area contributed by atoms with Crippen LogP contribution in [0, 0.1) is 0 Å². The molecule has 0 unspecified atom stereocenters. The van der Waals surface area contributed by atoms with Crippen molar-refractivity contribution in [2.45, 2.75) is 45.7 Å². The van der Waals surface area contributed by atoms with Crippen LogP contribution in [-0.2, 0) is 13.0 Å². The number of nitrogens with zero attached hydrogens (tertiary/aromatic N) is 4. The van der Waals surface area contributed by atoms with Crippen LogP contribution in [0.1, 0.15) is 37.8 Å². The minimum Gasteiger partial charge on any atom is -0.301 e. The summed E-state index contributed by atoms with van der Waals surface area (Å²) in [5.74, 6) is 0. The van der Waals surface area contributed by atoms with Gasteiger partial charge in [0.25, 0.3) is 0 Å². The summed E-state index contributed by atoms with van der Waals surface area (Å²) in [6, 6.07) is 9.45. The SMILES string of the molecule is CCCCc1ccc(-n2cc(CN3CCN(C)[C@@H](C)C3)cn2)cc1. The topological polar surface area (TPSA) is 24.3 Å². The lowest BCUT2D eigenvalue weighted by molar-refractivity contribution is 0.1000. The number of hydrogen-bond donors (Lipinski definition) is 0. The van der Waals surface area contributed by atoms with Gasteiger partial charge >= 0.3 is 0 Å². The maximum Gasteiger partial charge on any atom is 0.0645 e. The number of piperazine rings is 1. The number of benzene rings is 1. The zero-order valence-electron chi connectivity index (χ0n) is 15.3. The Kier molecular flexibility index (Phi) is 5.69.